The van der Waals surface area contributed by atoms with Gasteiger partial charge in [0.15, 0.2) is 0 Å². The SMILES string of the molecule is C[C@@H]1C2CC(C[C@H]1B(Br)[C@@H]1CC3CC([C@H]1C)C3(C)C)C2(C)C. The summed E-state index contributed by atoms with van der Waals surface area (Å²) >= 11 is 4.25. The zero-order valence-electron chi connectivity index (χ0n) is 15.4. The number of fused-ring (bicyclic) bond motifs is 4. The van der Waals surface area contributed by atoms with Gasteiger partial charge in [0.2, 0.25) is 5.54 Å². The fraction of sp³-hybridized carbons (Fsp3) is 1.00. The molecule has 22 heavy (non-hydrogen) atoms. The lowest BCUT2D eigenvalue weighted by molar-refractivity contribution is -0.106. The summed E-state index contributed by atoms with van der Waals surface area (Å²) in [5, 5.41) is 0. The molecule has 124 valence electrons. The summed E-state index contributed by atoms with van der Waals surface area (Å²) in [6, 6.07) is 0. The summed E-state index contributed by atoms with van der Waals surface area (Å²) in [4.78, 5) is 0. The van der Waals surface area contributed by atoms with E-state index < -0.39 is 0 Å². The van der Waals surface area contributed by atoms with Gasteiger partial charge in [-0.15, -0.1) is 0 Å². The lowest BCUT2D eigenvalue weighted by Gasteiger charge is -2.65. The molecule has 6 aliphatic rings. The number of rotatable bonds is 2. The molecule has 4 unspecified atom stereocenters. The third-order valence-corrected chi connectivity index (χ3v) is 11.0. The van der Waals surface area contributed by atoms with Gasteiger partial charge in [-0.05, 0) is 70.8 Å². The van der Waals surface area contributed by atoms with Crippen LogP contribution in [0.4, 0.5) is 0 Å². The first-order valence-electron chi connectivity index (χ1n) is 9.79. The predicted octanol–water partition coefficient (Wildman–Crippen LogP) is 6.52. The molecular formula is C20H34BBr. The number of hydrogen-bond acceptors (Lipinski definition) is 0. The molecule has 0 aromatic heterocycles. The zero-order chi connectivity index (χ0) is 16.0. The summed E-state index contributed by atoms with van der Waals surface area (Å²) in [6.45, 7) is 15.3. The first-order chi connectivity index (χ1) is 10.2. The van der Waals surface area contributed by atoms with Gasteiger partial charge < -0.3 is 0 Å². The highest BCUT2D eigenvalue weighted by Gasteiger charge is 2.62. The first-order valence-corrected chi connectivity index (χ1v) is 10.7. The average Bonchev–Trinajstić information content (AvgIpc) is 2.45. The third-order valence-electron chi connectivity index (χ3n) is 9.64. The minimum atomic E-state index is 0.630. The molecular weight excluding hydrogens is 331 g/mol. The molecule has 4 bridgehead atoms. The van der Waals surface area contributed by atoms with Crippen LogP contribution in [0, 0.1) is 46.3 Å². The van der Waals surface area contributed by atoms with Crippen LogP contribution in [-0.2, 0) is 0 Å². The van der Waals surface area contributed by atoms with Gasteiger partial charge in [-0.3, -0.25) is 0 Å². The van der Waals surface area contributed by atoms with E-state index in [1.165, 1.54) is 25.7 Å². The maximum atomic E-state index is 4.25. The summed E-state index contributed by atoms with van der Waals surface area (Å²) in [7, 11) is 0. The second-order valence-electron chi connectivity index (χ2n) is 10.7. The van der Waals surface area contributed by atoms with Crippen LogP contribution < -0.4 is 0 Å². The normalized spacial score (nSPS) is 54.1. The van der Waals surface area contributed by atoms with Crippen LogP contribution in [0.2, 0.25) is 11.6 Å². The van der Waals surface area contributed by atoms with Crippen molar-refractivity contribution in [1.82, 2.24) is 0 Å². The lowest BCUT2D eigenvalue weighted by Crippen LogP contribution is -2.58. The highest BCUT2D eigenvalue weighted by Crippen LogP contribution is 2.69. The minimum absolute atomic E-state index is 0.630. The maximum Gasteiger partial charge on any atom is 0.229 e. The molecule has 0 nitrogen and oxygen atoms in total. The third kappa shape index (κ3) is 1.88. The van der Waals surface area contributed by atoms with Gasteiger partial charge in [0, 0.05) is 0 Å². The Hall–Kier alpha value is 0.545. The van der Waals surface area contributed by atoms with Crippen LogP contribution in [0.1, 0.15) is 67.2 Å². The van der Waals surface area contributed by atoms with Crippen LogP contribution in [0.15, 0.2) is 0 Å². The monoisotopic (exact) mass is 364 g/mol. The van der Waals surface area contributed by atoms with Crippen molar-refractivity contribution in [1.29, 1.82) is 0 Å². The molecule has 0 aromatic rings. The van der Waals surface area contributed by atoms with Crippen molar-refractivity contribution < 1.29 is 0 Å². The number of halogens is 1. The molecule has 2 heteroatoms. The summed E-state index contributed by atoms with van der Waals surface area (Å²) in [6.07, 6.45) is 6.01. The van der Waals surface area contributed by atoms with E-state index in [-0.39, 0.29) is 0 Å². The van der Waals surface area contributed by atoms with Gasteiger partial charge in [0.1, 0.15) is 0 Å². The van der Waals surface area contributed by atoms with Crippen LogP contribution in [-0.4, -0.2) is 5.54 Å². The van der Waals surface area contributed by atoms with Gasteiger partial charge in [-0.2, -0.15) is 15.8 Å². The molecule has 6 fully saturated rings. The fourth-order valence-electron chi connectivity index (χ4n) is 7.54. The van der Waals surface area contributed by atoms with Gasteiger partial charge in [-0.25, -0.2) is 0 Å². The van der Waals surface area contributed by atoms with E-state index in [1.807, 2.05) is 0 Å². The van der Waals surface area contributed by atoms with E-state index in [9.17, 15) is 0 Å². The standard InChI is InChI=1S/C20H34BBr/c1-11-15-7-13(19(15,3)4)9-17(11)21(22)18-10-14-8-16(12(18)2)20(14,5)6/h11-18H,7-10H2,1-6H3/t11-,12-,13?,14?,15?,16?,17-,18-/m1/s1. The van der Waals surface area contributed by atoms with E-state index in [2.05, 4.69) is 57.3 Å². The molecule has 0 heterocycles. The van der Waals surface area contributed by atoms with Crippen molar-refractivity contribution in [3.63, 3.8) is 0 Å². The van der Waals surface area contributed by atoms with Gasteiger partial charge in [-0.1, -0.05) is 54.4 Å². The fourth-order valence-corrected chi connectivity index (χ4v) is 8.93. The summed E-state index contributed by atoms with van der Waals surface area (Å²) < 4.78 is 0. The van der Waals surface area contributed by atoms with Crippen molar-refractivity contribution in [3.8, 4) is 0 Å². The molecule has 0 spiro atoms. The Bertz CT molecular complexity index is 428. The highest BCUT2D eigenvalue weighted by atomic mass is 79.9. The summed E-state index contributed by atoms with van der Waals surface area (Å²) in [5.74, 6) is 7.69. The first kappa shape index (κ1) is 16.0. The number of hydrogen-bond donors (Lipinski definition) is 0. The second kappa shape index (κ2) is 4.80. The Morgan fingerprint density at radius 1 is 0.727 bits per heavy atom. The van der Waals surface area contributed by atoms with Crippen LogP contribution in [0.3, 0.4) is 0 Å². The average molecular weight is 365 g/mol. The van der Waals surface area contributed by atoms with E-state index in [0.717, 1.165) is 52.7 Å². The van der Waals surface area contributed by atoms with Crippen molar-refractivity contribution >= 4 is 21.3 Å². The lowest BCUT2D eigenvalue weighted by atomic mass is 9.30. The second-order valence-corrected chi connectivity index (χ2v) is 11.7. The van der Waals surface area contributed by atoms with E-state index in [1.54, 1.807) is 0 Å². The van der Waals surface area contributed by atoms with E-state index in [0.29, 0.717) is 10.8 Å². The molecule has 0 aromatic carbocycles. The van der Waals surface area contributed by atoms with Gasteiger partial charge >= 0.3 is 0 Å². The zero-order valence-corrected chi connectivity index (χ0v) is 17.0. The highest BCUT2D eigenvalue weighted by molar-refractivity contribution is 9.24. The Morgan fingerprint density at radius 3 is 1.36 bits per heavy atom. The molecule has 0 radical (unpaired) electrons. The minimum Gasteiger partial charge on any atom is -0.156 e. The topological polar surface area (TPSA) is 0 Å². The van der Waals surface area contributed by atoms with Crippen molar-refractivity contribution in [2.45, 2.75) is 78.9 Å². The van der Waals surface area contributed by atoms with Crippen molar-refractivity contribution in [2.24, 2.45) is 46.3 Å². The molecule has 6 saturated carbocycles. The molecule has 8 atom stereocenters. The van der Waals surface area contributed by atoms with Gasteiger partial charge in [0.25, 0.3) is 0 Å². The molecule has 0 aliphatic heterocycles. The van der Waals surface area contributed by atoms with Crippen molar-refractivity contribution in [3.05, 3.63) is 0 Å². The molecule has 6 aliphatic carbocycles. The Balaban J connectivity index is 1.49. The molecule has 0 saturated heterocycles. The van der Waals surface area contributed by atoms with Crippen LogP contribution >= 0.6 is 15.8 Å². The Morgan fingerprint density at radius 2 is 1.09 bits per heavy atom. The Kier molecular flexibility index (Phi) is 3.50. The van der Waals surface area contributed by atoms with Gasteiger partial charge in [0.05, 0.1) is 0 Å². The molecule has 0 amide bonds. The van der Waals surface area contributed by atoms with Crippen LogP contribution in [0.5, 0.6) is 0 Å². The quantitative estimate of drug-likeness (QED) is 0.489. The smallest absolute Gasteiger partial charge is 0.156 e. The summed E-state index contributed by atoms with van der Waals surface area (Å²) in [5.41, 5.74) is 2.04. The van der Waals surface area contributed by atoms with E-state index in [4.69, 9.17) is 0 Å². The molecule has 6 rings (SSSR count). The largest absolute Gasteiger partial charge is 0.229 e. The van der Waals surface area contributed by atoms with E-state index >= 15 is 0 Å². The maximum absolute atomic E-state index is 4.25. The van der Waals surface area contributed by atoms with Crippen LogP contribution in [0.25, 0.3) is 0 Å². The predicted molar refractivity (Wildman–Crippen MR) is 100 cm³/mol. The Labute approximate surface area is 146 Å². The molecule has 0 N–H and O–H groups in total. The van der Waals surface area contributed by atoms with Crippen molar-refractivity contribution in [2.75, 3.05) is 0 Å².